The summed E-state index contributed by atoms with van der Waals surface area (Å²) in [5.74, 6) is -3.83. The molecule has 41 heavy (non-hydrogen) atoms. The second-order valence-corrected chi connectivity index (χ2v) is 10.6. The molecule has 0 aliphatic carbocycles. The van der Waals surface area contributed by atoms with E-state index in [0.29, 0.717) is 25.3 Å². The number of imide groups is 1. The van der Waals surface area contributed by atoms with E-state index in [4.69, 9.17) is 64.4 Å². The van der Waals surface area contributed by atoms with Gasteiger partial charge in [0.05, 0.1) is 62.0 Å². The summed E-state index contributed by atoms with van der Waals surface area (Å²) >= 11 is 0. The number of rotatable bonds is 6. The van der Waals surface area contributed by atoms with Gasteiger partial charge in [-0.2, -0.15) is 0 Å². The number of nitrogens with one attached hydrogen (secondary N) is 1. The molecule has 2 aromatic carbocycles. The SMILES string of the molecule is [B]C([B])(Oc1cccc2c1CN(C1([B])C(=O)NC(=O)C([B])([B])C1([B])[B])C2=O)c1ccc(CN2CCOCC2)cc1F. The summed E-state index contributed by atoms with van der Waals surface area (Å²) in [5.41, 5.74) is -1.74. The van der Waals surface area contributed by atoms with Gasteiger partial charge in [-0.15, -0.1) is 0 Å². The van der Waals surface area contributed by atoms with Crippen LogP contribution < -0.4 is 10.1 Å². The quantitative estimate of drug-likeness (QED) is 0.360. The van der Waals surface area contributed by atoms with Crippen molar-refractivity contribution in [3.05, 3.63) is 64.5 Å². The van der Waals surface area contributed by atoms with Crippen LogP contribution in [-0.2, 0) is 32.8 Å². The molecule has 3 heterocycles. The molecule has 5 rings (SSSR count). The molecule has 0 aromatic heterocycles. The van der Waals surface area contributed by atoms with Crippen LogP contribution in [0.15, 0.2) is 36.4 Å². The third-order valence-corrected chi connectivity index (χ3v) is 7.86. The molecular weight excluding hydrogens is 517 g/mol. The third kappa shape index (κ3) is 4.67. The van der Waals surface area contributed by atoms with Gasteiger partial charge in [-0.25, -0.2) is 4.39 Å². The number of nitrogens with zero attached hydrogens (tertiary/aromatic N) is 2. The molecule has 1 N–H and O–H groups in total. The van der Waals surface area contributed by atoms with E-state index in [2.05, 4.69) is 4.90 Å². The molecule has 2 saturated heterocycles. The number of hydrogen-bond donors (Lipinski definition) is 1. The number of hydrogen-bond acceptors (Lipinski definition) is 6. The minimum absolute atomic E-state index is 0.00226. The highest BCUT2D eigenvalue weighted by molar-refractivity contribution is 6.66. The van der Waals surface area contributed by atoms with Crippen molar-refractivity contribution in [1.82, 2.24) is 15.1 Å². The molecular formula is C25H19B7FN3O5. The van der Waals surface area contributed by atoms with E-state index in [1.807, 2.05) is 5.32 Å². The van der Waals surface area contributed by atoms with Gasteiger partial charge >= 0.3 is 0 Å². The zero-order chi connectivity index (χ0) is 30.0. The van der Waals surface area contributed by atoms with E-state index in [9.17, 15) is 14.4 Å². The Balaban J connectivity index is 1.42. The molecule has 3 aliphatic rings. The third-order valence-electron chi connectivity index (χ3n) is 7.86. The van der Waals surface area contributed by atoms with Gasteiger partial charge in [0.2, 0.25) is 11.8 Å². The van der Waals surface area contributed by atoms with E-state index in [-0.39, 0.29) is 29.0 Å². The lowest BCUT2D eigenvalue weighted by molar-refractivity contribution is -0.140. The monoisotopic (exact) mass is 537 g/mol. The first kappa shape index (κ1) is 29.6. The van der Waals surface area contributed by atoms with Crippen LogP contribution in [0.25, 0.3) is 0 Å². The Morgan fingerprint density at radius 2 is 1.68 bits per heavy atom. The number of carbonyl (C=O) groups is 3. The highest BCUT2D eigenvalue weighted by Crippen LogP contribution is 2.55. The second kappa shape index (κ2) is 10.2. The Kier molecular flexibility index (Phi) is 7.34. The molecule has 1 unspecified atom stereocenters. The van der Waals surface area contributed by atoms with Crippen molar-refractivity contribution in [3.8, 4) is 5.75 Å². The number of carbonyl (C=O) groups excluding carboxylic acids is 3. The maximum absolute atomic E-state index is 15.2. The Morgan fingerprint density at radius 1 is 1.00 bits per heavy atom. The molecule has 3 amide bonds. The lowest BCUT2D eigenvalue weighted by atomic mass is 9.21. The fourth-order valence-corrected chi connectivity index (χ4v) is 5.25. The minimum Gasteiger partial charge on any atom is -0.502 e. The molecule has 2 aromatic rings. The smallest absolute Gasteiger partial charge is 0.254 e. The molecule has 3 aliphatic heterocycles. The van der Waals surface area contributed by atoms with Gasteiger partial charge in [-0.3, -0.25) is 24.6 Å². The van der Waals surface area contributed by atoms with Gasteiger partial charge in [0, 0.05) is 36.3 Å². The highest BCUT2D eigenvalue weighted by atomic mass is 19.1. The Bertz CT molecular complexity index is 1440. The van der Waals surface area contributed by atoms with Crippen molar-refractivity contribution >= 4 is 72.6 Å². The molecule has 0 bridgehead atoms. The Labute approximate surface area is 246 Å². The molecule has 16 heteroatoms. The lowest BCUT2D eigenvalue weighted by Gasteiger charge is -2.60. The number of amides is 3. The maximum atomic E-state index is 15.2. The van der Waals surface area contributed by atoms with Crippen LogP contribution in [0.3, 0.4) is 0 Å². The van der Waals surface area contributed by atoms with E-state index < -0.39 is 44.8 Å². The molecule has 2 fully saturated rings. The van der Waals surface area contributed by atoms with Crippen LogP contribution in [0.4, 0.5) is 4.39 Å². The first-order valence-electron chi connectivity index (χ1n) is 12.7. The molecule has 1 atom stereocenters. The Morgan fingerprint density at radius 3 is 2.34 bits per heavy atom. The van der Waals surface area contributed by atoms with E-state index in [1.165, 1.54) is 30.3 Å². The molecule has 0 spiro atoms. The zero-order valence-corrected chi connectivity index (χ0v) is 22.1. The summed E-state index contributed by atoms with van der Waals surface area (Å²) in [4.78, 5) is 41.6. The van der Waals surface area contributed by atoms with Gasteiger partial charge < -0.3 is 14.4 Å². The number of fused-ring (bicyclic) bond motifs is 1. The van der Waals surface area contributed by atoms with Crippen molar-refractivity contribution < 1.29 is 28.2 Å². The summed E-state index contributed by atoms with van der Waals surface area (Å²) in [6.45, 7) is 2.81. The average molecular weight is 536 g/mol. The minimum atomic E-state index is -2.60. The fraction of sp³-hybridized carbons (Fsp3) is 0.400. The lowest BCUT2D eigenvalue weighted by Crippen LogP contribution is -2.75. The number of benzene rings is 2. The Hall–Kier alpha value is -2.85. The number of ether oxygens (including phenoxy) is 2. The first-order valence-corrected chi connectivity index (χ1v) is 12.7. The number of morpholine rings is 1. The predicted molar refractivity (Wildman–Crippen MR) is 153 cm³/mol. The van der Waals surface area contributed by atoms with Crippen molar-refractivity contribution in [3.63, 3.8) is 0 Å². The van der Waals surface area contributed by atoms with E-state index in [0.717, 1.165) is 18.0 Å². The van der Waals surface area contributed by atoms with E-state index >= 15 is 4.39 Å². The van der Waals surface area contributed by atoms with E-state index in [1.54, 1.807) is 6.07 Å². The van der Waals surface area contributed by atoms with Crippen LogP contribution in [0.5, 0.6) is 5.75 Å². The maximum Gasteiger partial charge on any atom is 0.254 e. The van der Waals surface area contributed by atoms with Gasteiger partial charge in [-0.1, -0.05) is 23.4 Å². The van der Waals surface area contributed by atoms with Crippen molar-refractivity contribution in [1.29, 1.82) is 0 Å². The second-order valence-electron chi connectivity index (χ2n) is 10.6. The van der Waals surface area contributed by atoms with Crippen molar-refractivity contribution in [2.45, 2.75) is 34.4 Å². The number of halogens is 1. The van der Waals surface area contributed by atoms with Gasteiger partial charge in [0.1, 0.15) is 35.1 Å². The summed E-state index contributed by atoms with van der Waals surface area (Å²) in [7, 11) is 42.7. The predicted octanol–water partition coefficient (Wildman–Crippen LogP) is -1.43. The van der Waals surface area contributed by atoms with Crippen molar-refractivity contribution in [2.75, 3.05) is 26.3 Å². The van der Waals surface area contributed by atoms with Gasteiger partial charge in [-0.05, 0) is 29.0 Å². The molecule has 14 radical (unpaired) electrons. The summed E-state index contributed by atoms with van der Waals surface area (Å²) in [5, 5.41) is -5.38. The summed E-state index contributed by atoms with van der Waals surface area (Å²) < 4.78 is 26.4. The normalized spacial score (nSPS) is 24.1. The summed E-state index contributed by atoms with van der Waals surface area (Å²) in [6, 6.07) is 8.82. The topological polar surface area (TPSA) is 88.2 Å². The molecule has 192 valence electrons. The van der Waals surface area contributed by atoms with Crippen LogP contribution in [0, 0.1) is 5.82 Å². The largest absolute Gasteiger partial charge is 0.502 e. The zero-order valence-electron chi connectivity index (χ0n) is 22.1. The molecule has 0 saturated carbocycles. The molecule has 8 nitrogen and oxygen atoms in total. The van der Waals surface area contributed by atoms with Crippen LogP contribution in [-0.4, -0.2) is 114 Å². The van der Waals surface area contributed by atoms with Crippen LogP contribution >= 0.6 is 0 Å². The standard InChI is InChI=1S/C25H19B7FN3O5/c26-22(27)20(38)34-21(39)23(28,25(22,31)32)36-12-15-14(19(36)37)2-1-3-18(15)41-24(29,30)16-5-4-13(10-17(16)33)11-35-6-8-40-9-7-35/h1-5,10H,6-9,11-12H2,(H,34,38,39). The van der Waals surface area contributed by atoms with Gasteiger partial charge in [0.25, 0.3) is 5.91 Å². The fourth-order valence-electron chi connectivity index (χ4n) is 5.25. The summed E-state index contributed by atoms with van der Waals surface area (Å²) in [6.07, 6.45) is 0. The van der Waals surface area contributed by atoms with Crippen LogP contribution in [0.2, 0.25) is 10.4 Å². The van der Waals surface area contributed by atoms with Crippen molar-refractivity contribution in [2.24, 2.45) is 0 Å². The highest BCUT2D eigenvalue weighted by Gasteiger charge is 2.63. The van der Waals surface area contributed by atoms with Gasteiger partial charge in [0.15, 0.2) is 0 Å². The first-order chi connectivity index (χ1) is 19.1. The number of piperidine rings is 1. The van der Waals surface area contributed by atoms with Crippen LogP contribution in [0.1, 0.15) is 27.0 Å². The average Bonchev–Trinajstić information content (AvgIpc) is 3.25.